The van der Waals surface area contributed by atoms with Gasteiger partial charge in [-0.2, -0.15) is 5.26 Å². The molecule has 1 aliphatic heterocycles. The van der Waals surface area contributed by atoms with E-state index in [9.17, 15) is 5.26 Å². The largest absolute Gasteiger partial charge is 0.398 e. The minimum Gasteiger partial charge on any atom is -0.398 e. The Kier molecular flexibility index (Phi) is 6.51. The van der Waals surface area contributed by atoms with Crippen LogP contribution in [0.25, 0.3) is 11.4 Å². The molecule has 2 aromatic rings. The number of aryl methyl sites for hydroxylation is 1. The first-order chi connectivity index (χ1) is 16.3. The third-order valence-electron chi connectivity index (χ3n) is 6.69. The second kappa shape index (κ2) is 9.52. The van der Waals surface area contributed by atoms with Gasteiger partial charge in [0.25, 0.3) is 0 Å². The van der Waals surface area contributed by atoms with Crippen molar-refractivity contribution in [2.75, 3.05) is 18.4 Å². The predicted molar refractivity (Wildman–Crippen MR) is 138 cm³/mol. The number of nitrogens with two attached hydrogens (primary N) is 3. The Labute approximate surface area is 201 Å². The van der Waals surface area contributed by atoms with Gasteiger partial charge in [0.2, 0.25) is 0 Å². The third kappa shape index (κ3) is 4.86. The van der Waals surface area contributed by atoms with Crippen LogP contribution in [0.2, 0.25) is 0 Å². The molecule has 176 valence electrons. The summed E-state index contributed by atoms with van der Waals surface area (Å²) in [6.07, 6.45) is 8.80. The number of nitrogens with one attached hydrogen (secondary N) is 1. The van der Waals surface area contributed by atoms with Crippen LogP contribution in [0.3, 0.4) is 0 Å². The van der Waals surface area contributed by atoms with E-state index in [4.69, 9.17) is 17.2 Å². The van der Waals surface area contributed by atoms with Crippen molar-refractivity contribution in [1.29, 1.82) is 5.26 Å². The number of likely N-dealkylation sites (tertiary alicyclic amines) is 1. The molecule has 2 fully saturated rings. The van der Waals surface area contributed by atoms with Crippen molar-refractivity contribution in [3.63, 3.8) is 0 Å². The van der Waals surface area contributed by atoms with Crippen LogP contribution in [0.5, 0.6) is 0 Å². The summed E-state index contributed by atoms with van der Waals surface area (Å²) >= 11 is 0. The summed E-state index contributed by atoms with van der Waals surface area (Å²) in [6.45, 7) is 8.09. The van der Waals surface area contributed by atoms with Crippen molar-refractivity contribution in [3.8, 4) is 6.07 Å². The first-order valence-corrected chi connectivity index (χ1v) is 11.8. The third-order valence-corrected chi connectivity index (χ3v) is 6.69. The molecule has 0 spiro atoms. The topological polar surface area (TPSA) is 130 Å². The number of piperidine rings is 1. The summed E-state index contributed by atoms with van der Waals surface area (Å²) < 4.78 is 0. The van der Waals surface area contributed by atoms with Gasteiger partial charge in [-0.1, -0.05) is 12.6 Å². The van der Waals surface area contributed by atoms with Crippen molar-refractivity contribution >= 4 is 17.1 Å². The Morgan fingerprint density at radius 1 is 1.15 bits per heavy atom. The zero-order valence-electron chi connectivity index (χ0n) is 19.8. The van der Waals surface area contributed by atoms with Crippen LogP contribution in [0, 0.1) is 18.3 Å². The Morgan fingerprint density at radius 2 is 1.88 bits per heavy atom. The number of benzene rings is 1. The van der Waals surface area contributed by atoms with Gasteiger partial charge >= 0.3 is 0 Å². The predicted octanol–water partition coefficient (Wildman–Crippen LogP) is 3.90. The number of aromatic nitrogens is 1. The Morgan fingerprint density at radius 3 is 2.53 bits per heavy atom. The lowest BCUT2D eigenvalue weighted by Crippen LogP contribution is -2.32. The minimum absolute atomic E-state index is 0.282. The highest BCUT2D eigenvalue weighted by Crippen LogP contribution is 2.46. The average molecular weight is 456 g/mol. The number of rotatable bonds is 7. The summed E-state index contributed by atoms with van der Waals surface area (Å²) in [5.74, 6) is 0.282. The molecule has 0 atom stereocenters. The van der Waals surface area contributed by atoms with E-state index < -0.39 is 5.41 Å². The maximum atomic E-state index is 9.50. The van der Waals surface area contributed by atoms with Gasteiger partial charge in [0, 0.05) is 47.5 Å². The Hall–Kier alpha value is -3.92. The molecule has 1 saturated carbocycles. The van der Waals surface area contributed by atoms with Crippen LogP contribution >= 0.6 is 0 Å². The second-order valence-corrected chi connectivity index (χ2v) is 9.24. The molecule has 2 aliphatic rings. The molecule has 1 saturated heterocycles. The number of nitrogens with zero attached hydrogens (tertiary/aromatic N) is 3. The number of pyridine rings is 1. The Bertz CT molecular complexity index is 1190. The summed E-state index contributed by atoms with van der Waals surface area (Å²) in [5.41, 5.74) is 24.8. The second-order valence-electron chi connectivity index (χ2n) is 9.24. The molecule has 1 aromatic heterocycles. The van der Waals surface area contributed by atoms with E-state index in [0.717, 1.165) is 78.2 Å². The molecular weight excluding hydrogens is 422 g/mol. The van der Waals surface area contributed by atoms with Gasteiger partial charge in [0.15, 0.2) is 0 Å². The highest BCUT2D eigenvalue weighted by molar-refractivity contribution is 5.78. The molecule has 4 rings (SSSR count). The van der Waals surface area contributed by atoms with Gasteiger partial charge in [-0.05, 0) is 74.9 Å². The summed E-state index contributed by atoms with van der Waals surface area (Å²) in [4.78, 5) is 6.63. The van der Waals surface area contributed by atoms with E-state index >= 15 is 0 Å². The van der Waals surface area contributed by atoms with Gasteiger partial charge in [-0.3, -0.25) is 4.98 Å². The van der Waals surface area contributed by atoms with Crippen LogP contribution in [0.15, 0.2) is 60.7 Å². The lowest BCUT2D eigenvalue weighted by atomic mass is 10.0. The fraction of sp³-hybridized carbons (Fsp3) is 0.333. The molecule has 7 nitrogen and oxygen atoms in total. The standard InChI is InChI=1S/C27H33N7/c1-18-6-7-21(33-19(2)20-8-11-32-25(14-20)27(17-28)9-10-27)15-22(18)23(29)16-24(26(30)31)34-12-4-3-5-13-34/h6-8,11,14-16,33H,2-5,9-10,12-13,29-31H2,1H3/b23-16-. The number of nitriles is 1. The number of allylic oxidation sites excluding steroid dienone is 1. The first kappa shape index (κ1) is 23.2. The first-order valence-electron chi connectivity index (χ1n) is 11.8. The zero-order valence-corrected chi connectivity index (χ0v) is 19.8. The molecule has 7 heteroatoms. The molecule has 0 bridgehead atoms. The molecule has 0 unspecified atom stereocenters. The normalized spacial score (nSPS) is 16.9. The molecule has 1 aliphatic carbocycles. The minimum atomic E-state index is -0.434. The molecule has 0 radical (unpaired) electrons. The smallest absolute Gasteiger partial charge is 0.118 e. The fourth-order valence-electron chi connectivity index (χ4n) is 4.40. The average Bonchev–Trinajstić information content (AvgIpc) is 3.65. The summed E-state index contributed by atoms with van der Waals surface area (Å²) in [6, 6.07) is 12.3. The van der Waals surface area contributed by atoms with Crippen molar-refractivity contribution < 1.29 is 0 Å². The number of anilines is 1. The lowest BCUT2D eigenvalue weighted by molar-refractivity contribution is 0.290. The van der Waals surface area contributed by atoms with Crippen molar-refractivity contribution in [1.82, 2.24) is 9.88 Å². The lowest BCUT2D eigenvalue weighted by Gasteiger charge is -2.30. The molecular formula is C27H33N7. The summed E-state index contributed by atoms with van der Waals surface area (Å²) in [7, 11) is 0. The quantitative estimate of drug-likeness (QED) is 0.466. The molecule has 1 aromatic carbocycles. The highest BCUT2D eigenvalue weighted by atomic mass is 15.2. The molecule has 7 N–H and O–H groups in total. The van der Waals surface area contributed by atoms with Crippen molar-refractivity contribution in [2.45, 2.75) is 44.4 Å². The van der Waals surface area contributed by atoms with Crippen LogP contribution < -0.4 is 22.5 Å². The monoisotopic (exact) mass is 455 g/mol. The van der Waals surface area contributed by atoms with Gasteiger partial charge < -0.3 is 27.4 Å². The van der Waals surface area contributed by atoms with E-state index in [1.54, 1.807) is 6.20 Å². The van der Waals surface area contributed by atoms with Crippen LogP contribution in [-0.4, -0.2) is 23.0 Å². The van der Waals surface area contributed by atoms with E-state index in [-0.39, 0.29) is 5.82 Å². The van der Waals surface area contributed by atoms with E-state index in [0.29, 0.717) is 5.70 Å². The van der Waals surface area contributed by atoms with Crippen LogP contribution in [0.4, 0.5) is 5.69 Å². The SMILES string of the molecule is C=C(Nc1ccc(C)c(/C(N)=C/C(=C(N)N)N2CCCCC2)c1)c1ccnc(C2(C#N)CC2)c1. The van der Waals surface area contributed by atoms with Crippen molar-refractivity contribution in [3.05, 3.63) is 83.1 Å². The van der Waals surface area contributed by atoms with Crippen LogP contribution in [-0.2, 0) is 5.41 Å². The number of hydrogen-bond acceptors (Lipinski definition) is 7. The Balaban J connectivity index is 1.56. The van der Waals surface area contributed by atoms with E-state index in [2.05, 4.69) is 27.8 Å². The van der Waals surface area contributed by atoms with Crippen molar-refractivity contribution in [2.24, 2.45) is 17.2 Å². The molecule has 0 amide bonds. The van der Waals surface area contributed by atoms with E-state index in [1.807, 2.05) is 43.3 Å². The van der Waals surface area contributed by atoms with Gasteiger partial charge in [0.1, 0.15) is 5.82 Å². The zero-order chi connectivity index (χ0) is 24.3. The molecule has 2 heterocycles. The highest BCUT2D eigenvalue weighted by Gasteiger charge is 2.46. The van der Waals surface area contributed by atoms with Gasteiger partial charge in [-0.25, -0.2) is 0 Å². The summed E-state index contributed by atoms with van der Waals surface area (Å²) in [5, 5.41) is 12.9. The maximum absolute atomic E-state index is 9.50. The maximum Gasteiger partial charge on any atom is 0.118 e. The fourth-order valence-corrected chi connectivity index (χ4v) is 4.40. The molecule has 34 heavy (non-hydrogen) atoms. The van der Waals surface area contributed by atoms with Gasteiger partial charge in [0.05, 0.1) is 22.9 Å². The van der Waals surface area contributed by atoms with E-state index in [1.165, 1.54) is 6.42 Å². The number of hydrogen-bond donors (Lipinski definition) is 4. The van der Waals surface area contributed by atoms with Crippen LogP contribution in [0.1, 0.15) is 54.5 Å². The van der Waals surface area contributed by atoms with Gasteiger partial charge in [-0.15, -0.1) is 0 Å².